The van der Waals surface area contributed by atoms with Gasteiger partial charge >= 0.3 is 5.97 Å². The van der Waals surface area contributed by atoms with Gasteiger partial charge in [0.25, 0.3) is 0 Å². The van der Waals surface area contributed by atoms with E-state index in [1.165, 1.54) is 0 Å². The van der Waals surface area contributed by atoms with Crippen LogP contribution in [0, 0.1) is 23.7 Å². The van der Waals surface area contributed by atoms with Crippen molar-refractivity contribution in [1.82, 2.24) is 0 Å². The molecule has 5 aliphatic rings. The molecule has 8 nitrogen and oxygen atoms in total. The second-order valence-electron chi connectivity index (χ2n) is 13.6. The van der Waals surface area contributed by atoms with Crippen LogP contribution in [0.15, 0.2) is 47.1 Å². The van der Waals surface area contributed by atoms with Gasteiger partial charge in [0.1, 0.15) is 29.8 Å². The molecule has 0 radical (unpaired) electrons. The van der Waals surface area contributed by atoms with E-state index < -0.39 is 47.7 Å². The van der Waals surface area contributed by atoms with Gasteiger partial charge in [-0.1, -0.05) is 64.5 Å². The highest BCUT2D eigenvalue weighted by molar-refractivity contribution is 5.78. The summed E-state index contributed by atoms with van der Waals surface area (Å²) in [5, 5.41) is 34.0. The van der Waals surface area contributed by atoms with Gasteiger partial charge in [0.05, 0.1) is 24.9 Å². The number of aliphatic hydroxyl groups is 3. The lowest BCUT2D eigenvalue weighted by Crippen LogP contribution is -2.58. The molecule has 3 fully saturated rings. The molecule has 0 amide bonds. The van der Waals surface area contributed by atoms with Crippen LogP contribution in [-0.4, -0.2) is 75.9 Å². The molecule has 0 aromatic carbocycles. The van der Waals surface area contributed by atoms with Crippen LogP contribution in [0.25, 0.3) is 0 Å². The number of carbonyl (C=O) groups excluding carboxylic acids is 1. The van der Waals surface area contributed by atoms with Crippen molar-refractivity contribution in [2.45, 2.75) is 128 Å². The molecule has 0 aromatic rings. The minimum Gasteiger partial charge on any atom is -0.462 e. The van der Waals surface area contributed by atoms with Crippen molar-refractivity contribution in [1.29, 1.82) is 0 Å². The standard InChI is InChI=1S/C34H50O8/c1-7-19(2)30-22(5)13-14-33(42-30)17-26-16-25(41-33)12-11-21(4)28(35)20(3)9-8-10-24-18-39-31-29(36)23(6)15-27(32(37)40-26)34(24,31)38/h8-11,15,19-20,22,25-31,35-36,38H,7,12-14,16-18H2,1-6H3/b9-8+,21-11+,24-10+/t19-,20-,22-,25+,26-,27-,28-,29+,30+,31+,33+,34+/m0/s1. The highest BCUT2D eigenvalue weighted by Gasteiger charge is 2.60. The van der Waals surface area contributed by atoms with Crippen LogP contribution in [0.4, 0.5) is 0 Å². The van der Waals surface area contributed by atoms with Crippen LogP contribution < -0.4 is 0 Å². The van der Waals surface area contributed by atoms with Gasteiger partial charge in [0.15, 0.2) is 5.79 Å². The van der Waals surface area contributed by atoms with Crippen molar-refractivity contribution in [3.05, 3.63) is 47.1 Å². The van der Waals surface area contributed by atoms with Gasteiger partial charge in [-0.05, 0) is 55.2 Å². The smallest absolute Gasteiger partial charge is 0.316 e. The average Bonchev–Trinajstić information content (AvgIpc) is 3.30. The molecular weight excluding hydrogens is 536 g/mol. The topological polar surface area (TPSA) is 115 Å². The van der Waals surface area contributed by atoms with Gasteiger partial charge < -0.3 is 34.3 Å². The summed E-state index contributed by atoms with van der Waals surface area (Å²) in [5.41, 5.74) is 0.156. The number of ether oxygens (including phenoxy) is 4. The Balaban J connectivity index is 1.53. The van der Waals surface area contributed by atoms with Crippen LogP contribution >= 0.6 is 0 Å². The molecule has 4 aliphatic heterocycles. The Morgan fingerprint density at radius 3 is 2.60 bits per heavy atom. The zero-order valence-electron chi connectivity index (χ0n) is 26.0. The predicted molar refractivity (Wildman–Crippen MR) is 158 cm³/mol. The molecule has 3 N–H and O–H groups in total. The lowest BCUT2D eigenvalue weighted by Gasteiger charge is -2.51. The minimum atomic E-state index is -1.75. The van der Waals surface area contributed by atoms with E-state index in [1.54, 1.807) is 25.2 Å². The van der Waals surface area contributed by atoms with E-state index in [-0.39, 0.29) is 24.7 Å². The fourth-order valence-corrected chi connectivity index (χ4v) is 7.55. The van der Waals surface area contributed by atoms with E-state index in [1.807, 2.05) is 26.0 Å². The Labute approximate surface area is 250 Å². The predicted octanol–water partition coefficient (Wildman–Crippen LogP) is 4.53. The van der Waals surface area contributed by atoms with E-state index >= 15 is 0 Å². The molecule has 0 aromatic heterocycles. The van der Waals surface area contributed by atoms with Gasteiger partial charge in [0, 0.05) is 25.2 Å². The molecule has 8 heteroatoms. The lowest BCUT2D eigenvalue weighted by atomic mass is 9.71. The molecule has 4 heterocycles. The highest BCUT2D eigenvalue weighted by Crippen LogP contribution is 2.47. The molecular formula is C34H50O8. The summed E-state index contributed by atoms with van der Waals surface area (Å²) in [7, 11) is 0. The third kappa shape index (κ3) is 5.83. The largest absolute Gasteiger partial charge is 0.462 e. The summed E-state index contributed by atoms with van der Waals surface area (Å²) >= 11 is 0. The van der Waals surface area contributed by atoms with E-state index in [2.05, 4.69) is 20.8 Å². The molecule has 2 bridgehead atoms. The maximum Gasteiger partial charge on any atom is 0.316 e. The monoisotopic (exact) mass is 586 g/mol. The Hall–Kier alpha value is -1.81. The average molecular weight is 587 g/mol. The number of rotatable bonds is 2. The van der Waals surface area contributed by atoms with Gasteiger partial charge in [-0.2, -0.15) is 0 Å². The van der Waals surface area contributed by atoms with E-state index in [0.717, 1.165) is 18.4 Å². The van der Waals surface area contributed by atoms with Crippen molar-refractivity contribution in [3.63, 3.8) is 0 Å². The summed E-state index contributed by atoms with van der Waals surface area (Å²) in [4.78, 5) is 14.0. The quantitative estimate of drug-likeness (QED) is 0.320. The van der Waals surface area contributed by atoms with Crippen LogP contribution in [0.1, 0.15) is 80.1 Å². The summed E-state index contributed by atoms with van der Waals surface area (Å²) in [6.45, 7) is 12.3. The zero-order chi connectivity index (χ0) is 30.4. The minimum absolute atomic E-state index is 0.0404. The molecule has 3 saturated heterocycles. The Morgan fingerprint density at radius 1 is 1.10 bits per heavy atom. The van der Waals surface area contributed by atoms with E-state index in [4.69, 9.17) is 18.9 Å². The first kappa shape index (κ1) is 31.6. The number of aliphatic hydroxyl groups excluding tert-OH is 2. The van der Waals surface area contributed by atoms with Crippen molar-refractivity contribution in [3.8, 4) is 0 Å². The molecule has 1 spiro atoms. The van der Waals surface area contributed by atoms with Crippen molar-refractivity contribution in [2.24, 2.45) is 23.7 Å². The van der Waals surface area contributed by atoms with Crippen LogP contribution in [0.5, 0.6) is 0 Å². The number of fused-ring (bicyclic) bond motifs is 2. The normalized spacial score (nSPS) is 48.6. The molecule has 0 saturated carbocycles. The number of hydrogen-bond acceptors (Lipinski definition) is 8. The molecule has 5 rings (SSSR count). The van der Waals surface area contributed by atoms with Crippen LogP contribution in [-0.2, 0) is 23.7 Å². The summed E-state index contributed by atoms with van der Waals surface area (Å²) in [5.74, 6) is -1.88. The van der Waals surface area contributed by atoms with Crippen molar-refractivity contribution < 1.29 is 39.1 Å². The van der Waals surface area contributed by atoms with Crippen LogP contribution in [0.2, 0.25) is 0 Å². The number of esters is 1. The van der Waals surface area contributed by atoms with Gasteiger partial charge in [-0.25, -0.2) is 0 Å². The van der Waals surface area contributed by atoms with Gasteiger partial charge in [-0.15, -0.1) is 0 Å². The fraction of sp³-hybridized carbons (Fsp3) is 0.735. The number of hydrogen-bond donors (Lipinski definition) is 3. The number of carbonyl (C=O) groups is 1. The summed E-state index contributed by atoms with van der Waals surface area (Å²) < 4.78 is 25.7. The third-order valence-corrected chi connectivity index (χ3v) is 10.5. The Kier molecular flexibility index (Phi) is 9.25. The highest BCUT2D eigenvalue weighted by atomic mass is 16.7. The summed E-state index contributed by atoms with van der Waals surface area (Å²) in [6, 6.07) is 0. The summed E-state index contributed by atoms with van der Waals surface area (Å²) in [6.07, 6.45) is 9.73. The molecule has 42 heavy (non-hydrogen) atoms. The lowest BCUT2D eigenvalue weighted by molar-refractivity contribution is -0.340. The van der Waals surface area contributed by atoms with Crippen molar-refractivity contribution >= 4 is 5.97 Å². The maximum absolute atomic E-state index is 14.0. The van der Waals surface area contributed by atoms with Gasteiger partial charge in [-0.3, -0.25) is 4.79 Å². The first-order valence-corrected chi connectivity index (χ1v) is 15.9. The first-order valence-electron chi connectivity index (χ1n) is 15.9. The van der Waals surface area contributed by atoms with E-state index in [9.17, 15) is 20.1 Å². The van der Waals surface area contributed by atoms with Crippen molar-refractivity contribution in [2.75, 3.05) is 6.61 Å². The Morgan fingerprint density at radius 2 is 1.86 bits per heavy atom. The zero-order valence-corrected chi connectivity index (χ0v) is 26.0. The second-order valence-corrected chi connectivity index (χ2v) is 13.6. The molecule has 0 unspecified atom stereocenters. The molecule has 234 valence electrons. The molecule has 12 atom stereocenters. The Bertz CT molecular complexity index is 1140. The van der Waals surface area contributed by atoms with Gasteiger partial charge in [0.2, 0.25) is 0 Å². The fourth-order valence-electron chi connectivity index (χ4n) is 7.55. The third-order valence-electron chi connectivity index (χ3n) is 10.5. The first-order chi connectivity index (χ1) is 19.9. The van der Waals surface area contributed by atoms with Crippen LogP contribution in [0.3, 0.4) is 0 Å². The molecule has 1 aliphatic carbocycles. The van der Waals surface area contributed by atoms with E-state index in [0.29, 0.717) is 48.7 Å². The number of allylic oxidation sites excluding steroid dienone is 2. The SMILES string of the molecule is CC[C@H](C)[C@H]1O[C@]2(CC[C@@H]1C)C[C@@H]1C[C@@H](C/C=C(\C)[C@@H](O)[C@@H](C)/C=C/C=C3\CO[C@@H]4[C@H](O)C(C)=C[C@@H](C(=O)O1)[C@]34O)O2. The maximum atomic E-state index is 14.0. The second kappa shape index (κ2) is 12.3.